The maximum Gasteiger partial charge on any atom is 0.313 e. The summed E-state index contributed by atoms with van der Waals surface area (Å²) in [5.74, 6) is -0.706. The van der Waals surface area contributed by atoms with E-state index in [9.17, 15) is 9.59 Å². The van der Waals surface area contributed by atoms with Gasteiger partial charge in [-0.1, -0.05) is 74.1 Å². The van der Waals surface area contributed by atoms with Crippen LogP contribution in [0.1, 0.15) is 73.3 Å². The molecule has 2 aliphatic carbocycles. The molecule has 2 unspecified atom stereocenters. The Morgan fingerprint density at radius 3 is 2.45 bits per heavy atom. The van der Waals surface area contributed by atoms with Gasteiger partial charge in [-0.15, -0.1) is 5.73 Å². The van der Waals surface area contributed by atoms with E-state index < -0.39 is 5.60 Å². The smallest absolute Gasteiger partial charge is 0.313 e. The Bertz CT molecular complexity index is 1290. The summed E-state index contributed by atoms with van der Waals surface area (Å²) in [4.78, 5) is 27.5. The van der Waals surface area contributed by atoms with E-state index in [1.165, 1.54) is 5.57 Å². The van der Waals surface area contributed by atoms with Gasteiger partial charge in [-0.25, -0.2) is 0 Å². The number of ether oxygens (including phenoxy) is 1. The molecule has 4 heteroatoms. The van der Waals surface area contributed by atoms with E-state index in [2.05, 4.69) is 62.1 Å². The first kappa shape index (κ1) is 28.9. The van der Waals surface area contributed by atoms with Crippen molar-refractivity contribution in [1.82, 2.24) is 0 Å². The molecule has 1 aliphatic heterocycles. The van der Waals surface area contributed by atoms with Gasteiger partial charge in [0.1, 0.15) is 5.60 Å². The summed E-state index contributed by atoms with van der Waals surface area (Å²) < 4.78 is 5.52. The minimum Gasteiger partial charge on any atom is -0.460 e. The lowest BCUT2D eigenvalue weighted by Gasteiger charge is -2.25. The van der Waals surface area contributed by atoms with Gasteiger partial charge in [0.05, 0.1) is 18.0 Å². The molecule has 1 aromatic carbocycles. The molecule has 0 radical (unpaired) electrons. The quantitative estimate of drug-likeness (QED) is 0.234. The van der Waals surface area contributed by atoms with Crippen molar-refractivity contribution in [1.29, 1.82) is 0 Å². The third kappa shape index (κ3) is 6.62. The van der Waals surface area contributed by atoms with Crippen LogP contribution in [-0.4, -0.2) is 24.0 Å². The van der Waals surface area contributed by atoms with Crippen molar-refractivity contribution >= 4 is 17.6 Å². The summed E-state index contributed by atoms with van der Waals surface area (Å²) in [5.41, 5.74) is 8.08. The molecule has 4 nitrogen and oxygen atoms in total. The molecule has 0 bridgehead atoms. The van der Waals surface area contributed by atoms with Crippen molar-refractivity contribution in [2.24, 2.45) is 5.41 Å². The van der Waals surface area contributed by atoms with Gasteiger partial charge in [0.2, 0.25) is 0 Å². The van der Waals surface area contributed by atoms with E-state index in [0.29, 0.717) is 12.1 Å². The van der Waals surface area contributed by atoms with Gasteiger partial charge in [0.15, 0.2) is 0 Å². The standard InChI is InChI=1S/C32H35NO3.C2H6/c1-22-10-8-18-32(6,19-9-11-22)26-12-7-13-28-25(20-26)21-33(29(28)34)27-16-14-24(15-17-27)23(2)30(35)36-31(3,4)5;1-2/h7-10,12,14-20,23H,11,21H2,1-6H3;1-2H3/b18-8?,19-9-,22-10-;. The first-order chi connectivity index (χ1) is 18.0. The summed E-state index contributed by atoms with van der Waals surface area (Å²) in [5, 5.41) is 0. The number of carbonyl (C=O) groups excluding carboxylic acids is 2. The van der Waals surface area contributed by atoms with Gasteiger partial charge in [-0.05, 0) is 82.9 Å². The number of esters is 1. The lowest BCUT2D eigenvalue weighted by Crippen LogP contribution is -2.27. The minimum atomic E-state index is -0.529. The van der Waals surface area contributed by atoms with Gasteiger partial charge in [-0.3, -0.25) is 9.59 Å². The van der Waals surface area contributed by atoms with Crippen LogP contribution in [0.5, 0.6) is 0 Å². The Balaban J connectivity index is 0.00000195. The Morgan fingerprint density at radius 1 is 1.11 bits per heavy atom. The van der Waals surface area contributed by atoms with Crippen molar-refractivity contribution in [2.45, 2.75) is 73.3 Å². The molecule has 200 valence electrons. The number of benzene rings is 1. The number of amides is 1. The summed E-state index contributed by atoms with van der Waals surface area (Å²) >= 11 is 0. The van der Waals surface area contributed by atoms with Gasteiger partial charge in [0.25, 0.3) is 5.91 Å². The molecule has 0 saturated carbocycles. The van der Waals surface area contributed by atoms with Crippen LogP contribution in [0.3, 0.4) is 0 Å². The second-order valence-electron chi connectivity index (χ2n) is 11.0. The van der Waals surface area contributed by atoms with Crippen LogP contribution in [-0.2, 0) is 14.3 Å². The number of nitrogens with zero attached hydrogens (tertiary/aromatic N) is 1. The molecule has 1 saturated heterocycles. The van der Waals surface area contributed by atoms with Crippen molar-refractivity contribution in [3.05, 3.63) is 106 Å². The monoisotopic (exact) mass is 511 g/mol. The molecule has 2 atom stereocenters. The maximum atomic E-state index is 13.3. The van der Waals surface area contributed by atoms with Gasteiger partial charge in [0, 0.05) is 11.1 Å². The third-order valence-corrected chi connectivity index (χ3v) is 6.74. The molecule has 1 amide bonds. The predicted octanol–water partition coefficient (Wildman–Crippen LogP) is 7.92. The number of carbonyl (C=O) groups is 2. The summed E-state index contributed by atoms with van der Waals surface area (Å²) in [6, 6.07) is 7.60. The second-order valence-corrected chi connectivity index (χ2v) is 11.0. The summed E-state index contributed by atoms with van der Waals surface area (Å²) in [7, 11) is 0. The summed E-state index contributed by atoms with van der Waals surface area (Å²) in [6.45, 7) is 16.2. The lowest BCUT2D eigenvalue weighted by molar-refractivity contribution is -0.156. The van der Waals surface area contributed by atoms with E-state index in [1.807, 2.05) is 71.9 Å². The molecule has 1 aromatic rings. The highest BCUT2D eigenvalue weighted by Crippen LogP contribution is 2.38. The van der Waals surface area contributed by atoms with Crippen molar-refractivity contribution in [2.75, 3.05) is 11.4 Å². The van der Waals surface area contributed by atoms with Crippen LogP contribution in [0, 0.1) is 5.41 Å². The molecule has 3 aliphatic rings. The van der Waals surface area contributed by atoms with Gasteiger partial charge >= 0.3 is 5.97 Å². The van der Waals surface area contributed by atoms with E-state index in [4.69, 9.17) is 4.74 Å². The average Bonchev–Trinajstić information content (AvgIpc) is 3.02. The predicted molar refractivity (Wildman–Crippen MR) is 157 cm³/mol. The van der Waals surface area contributed by atoms with Crippen LogP contribution in [0.15, 0.2) is 101 Å². The van der Waals surface area contributed by atoms with Crippen LogP contribution < -0.4 is 4.90 Å². The highest BCUT2D eigenvalue weighted by Gasteiger charge is 2.34. The molecule has 4 rings (SSSR count). The number of hydrogen-bond donors (Lipinski definition) is 0. The molecule has 0 N–H and O–H groups in total. The Labute approximate surface area is 228 Å². The zero-order valence-corrected chi connectivity index (χ0v) is 24.1. The maximum absolute atomic E-state index is 13.3. The van der Waals surface area contributed by atoms with Crippen molar-refractivity contribution in [3.8, 4) is 0 Å². The van der Waals surface area contributed by atoms with Crippen LogP contribution in [0.4, 0.5) is 5.69 Å². The zero-order chi connectivity index (χ0) is 28.1. The molecular weight excluding hydrogens is 470 g/mol. The van der Waals surface area contributed by atoms with Gasteiger partial charge < -0.3 is 9.64 Å². The topological polar surface area (TPSA) is 46.6 Å². The number of anilines is 1. The minimum absolute atomic E-state index is 0.0625. The van der Waals surface area contributed by atoms with E-state index in [0.717, 1.165) is 28.8 Å². The van der Waals surface area contributed by atoms with Gasteiger partial charge in [-0.2, -0.15) is 0 Å². The highest BCUT2D eigenvalue weighted by atomic mass is 16.6. The Kier molecular flexibility index (Phi) is 9.01. The van der Waals surface area contributed by atoms with Crippen LogP contribution in [0.25, 0.3) is 0 Å². The Morgan fingerprint density at radius 2 is 1.79 bits per heavy atom. The van der Waals surface area contributed by atoms with E-state index in [-0.39, 0.29) is 23.2 Å². The van der Waals surface area contributed by atoms with Crippen LogP contribution in [0.2, 0.25) is 0 Å². The molecular formula is C34H41NO3. The average molecular weight is 512 g/mol. The first-order valence-electron chi connectivity index (χ1n) is 13.5. The molecule has 0 spiro atoms. The summed E-state index contributed by atoms with van der Waals surface area (Å²) in [6.07, 6.45) is 17.9. The molecule has 1 heterocycles. The second kappa shape index (κ2) is 11.8. The highest BCUT2D eigenvalue weighted by molar-refractivity contribution is 6.12. The SMILES string of the molecule is C/C1=C/C=CC(C)(C2=CC=C=C3C(=O)N(c4ccc(C(C)C(=O)OC(C)(C)C)cc4)CC3=C2)/C=C\C1.CC. The number of hydrogen-bond acceptors (Lipinski definition) is 3. The first-order valence-corrected chi connectivity index (χ1v) is 13.5. The van der Waals surface area contributed by atoms with Crippen LogP contribution >= 0.6 is 0 Å². The zero-order valence-electron chi connectivity index (χ0n) is 24.1. The number of allylic oxidation sites excluding steroid dienone is 9. The van der Waals surface area contributed by atoms with E-state index in [1.54, 1.807) is 4.90 Å². The number of rotatable bonds is 4. The fraction of sp³-hybridized carbons (Fsp3) is 0.382. The fourth-order valence-corrected chi connectivity index (χ4v) is 4.55. The Hall–Kier alpha value is -3.62. The van der Waals surface area contributed by atoms with E-state index >= 15 is 0 Å². The largest absolute Gasteiger partial charge is 0.460 e. The molecule has 1 fully saturated rings. The normalized spacial score (nSPS) is 23.7. The molecule has 38 heavy (non-hydrogen) atoms. The number of fused-ring (bicyclic) bond motifs is 1. The van der Waals surface area contributed by atoms with Crippen molar-refractivity contribution < 1.29 is 14.3 Å². The fourth-order valence-electron chi connectivity index (χ4n) is 4.55. The van der Waals surface area contributed by atoms with Crippen molar-refractivity contribution in [3.63, 3.8) is 0 Å². The molecule has 0 aromatic heterocycles. The third-order valence-electron chi connectivity index (χ3n) is 6.74. The lowest BCUT2D eigenvalue weighted by atomic mass is 9.79.